The van der Waals surface area contributed by atoms with Crippen molar-refractivity contribution in [1.29, 1.82) is 0 Å². The average Bonchev–Trinajstić information content (AvgIpc) is 2.96. The number of hydrogen-bond donors (Lipinski definition) is 2. The Morgan fingerprint density at radius 3 is 3.00 bits per heavy atom. The number of benzene rings is 1. The van der Waals surface area contributed by atoms with Crippen molar-refractivity contribution in [2.24, 2.45) is 0 Å². The minimum Gasteiger partial charge on any atom is -0.493 e. The predicted molar refractivity (Wildman–Crippen MR) is 74.4 cm³/mol. The highest BCUT2D eigenvalue weighted by Gasteiger charge is 2.22. The molecule has 1 aliphatic rings. The molecule has 8 nitrogen and oxygen atoms in total. The number of carboxylic acids is 1. The molecule has 2 N–H and O–H groups in total. The topological polar surface area (TPSA) is 106 Å². The summed E-state index contributed by atoms with van der Waals surface area (Å²) < 4.78 is 6.74. The summed E-state index contributed by atoms with van der Waals surface area (Å²) in [6, 6.07) is 7.43. The molecule has 1 aromatic carbocycles. The molecule has 3 rings (SSSR count). The lowest BCUT2D eigenvalue weighted by molar-refractivity contribution is -0.122. The second kappa shape index (κ2) is 5.84. The van der Waals surface area contributed by atoms with Gasteiger partial charge in [-0.05, 0) is 6.07 Å². The van der Waals surface area contributed by atoms with Crippen molar-refractivity contribution in [3.63, 3.8) is 0 Å². The second-order valence-corrected chi connectivity index (χ2v) is 4.90. The van der Waals surface area contributed by atoms with E-state index in [2.05, 4.69) is 15.6 Å². The molecular formula is C14H14N4O4. The summed E-state index contributed by atoms with van der Waals surface area (Å²) in [5.41, 5.74) is 0.746. The maximum Gasteiger partial charge on any atom is 0.358 e. The van der Waals surface area contributed by atoms with Gasteiger partial charge in [0.15, 0.2) is 5.69 Å². The molecule has 2 heterocycles. The third kappa shape index (κ3) is 2.90. The molecule has 0 saturated heterocycles. The maximum atomic E-state index is 12.1. The fraction of sp³-hybridized carbons (Fsp3) is 0.286. The monoisotopic (exact) mass is 302 g/mol. The summed E-state index contributed by atoms with van der Waals surface area (Å²) in [6.45, 7) is 0.453. The lowest BCUT2D eigenvalue weighted by Gasteiger charge is -2.26. The number of amides is 1. The first kappa shape index (κ1) is 14.1. The molecule has 0 fully saturated rings. The Morgan fingerprint density at radius 1 is 1.41 bits per heavy atom. The van der Waals surface area contributed by atoms with Gasteiger partial charge in [-0.3, -0.25) is 4.79 Å². The molecule has 2 aromatic rings. The van der Waals surface area contributed by atoms with Crippen molar-refractivity contribution < 1.29 is 19.4 Å². The van der Waals surface area contributed by atoms with Crippen molar-refractivity contribution in [3.05, 3.63) is 41.7 Å². The number of aromatic carboxylic acids is 1. The predicted octanol–water partition coefficient (Wildman–Crippen LogP) is 0.616. The highest BCUT2D eigenvalue weighted by molar-refractivity contribution is 5.84. The van der Waals surface area contributed by atoms with E-state index in [-0.39, 0.29) is 24.2 Å². The van der Waals surface area contributed by atoms with Gasteiger partial charge in [-0.2, -0.15) is 0 Å². The highest BCUT2D eigenvalue weighted by Crippen LogP contribution is 2.31. The molecule has 1 atom stereocenters. The molecule has 0 bridgehead atoms. The van der Waals surface area contributed by atoms with Gasteiger partial charge >= 0.3 is 5.97 Å². The first-order valence-corrected chi connectivity index (χ1v) is 6.78. The van der Waals surface area contributed by atoms with Crippen molar-refractivity contribution in [1.82, 2.24) is 20.3 Å². The summed E-state index contributed by atoms with van der Waals surface area (Å²) >= 11 is 0. The minimum absolute atomic E-state index is 0.0835. The Balaban J connectivity index is 1.66. The van der Waals surface area contributed by atoms with Crippen LogP contribution < -0.4 is 10.1 Å². The van der Waals surface area contributed by atoms with Gasteiger partial charge in [0, 0.05) is 12.0 Å². The van der Waals surface area contributed by atoms with Gasteiger partial charge in [0.1, 0.15) is 12.3 Å². The number of nitrogens with one attached hydrogen (secondary N) is 1. The molecule has 0 spiro atoms. The van der Waals surface area contributed by atoms with Crippen LogP contribution in [0.4, 0.5) is 0 Å². The van der Waals surface area contributed by atoms with Gasteiger partial charge < -0.3 is 15.2 Å². The van der Waals surface area contributed by atoms with Crippen LogP contribution in [0.25, 0.3) is 0 Å². The van der Waals surface area contributed by atoms with Gasteiger partial charge in [-0.15, -0.1) is 5.10 Å². The normalized spacial score (nSPS) is 16.5. The number of carbonyl (C=O) groups is 2. The Hall–Kier alpha value is -2.90. The lowest BCUT2D eigenvalue weighted by Crippen LogP contribution is -2.34. The number of aromatic nitrogens is 3. The zero-order valence-corrected chi connectivity index (χ0v) is 11.6. The zero-order valence-electron chi connectivity index (χ0n) is 11.6. The van der Waals surface area contributed by atoms with Gasteiger partial charge in [-0.25, -0.2) is 9.48 Å². The number of rotatable bonds is 4. The summed E-state index contributed by atoms with van der Waals surface area (Å²) in [5.74, 6) is -0.665. The Morgan fingerprint density at radius 2 is 2.23 bits per heavy atom. The number of fused-ring (bicyclic) bond motifs is 1. The van der Waals surface area contributed by atoms with E-state index in [1.807, 2.05) is 24.3 Å². The Bertz CT molecular complexity index is 712. The minimum atomic E-state index is -1.18. The van der Waals surface area contributed by atoms with Crippen LogP contribution >= 0.6 is 0 Å². The smallest absolute Gasteiger partial charge is 0.358 e. The molecule has 0 saturated carbocycles. The van der Waals surface area contributed by atoms with E-state index in [4.69, 9.17) is 9.84 Å². The van der Waals surface area contributed by atoms with Crippen LogP contribution in [-0.2, 0) is 11.3 Å². The molecule has 0 radical (unpaired) electrons. The van der Waals surface area contributed by atoms with Crippen LogP contribution in [0.2, 0.25) is 0 Å². The molecular weight excluding hydrogens is 288 g/mol. The second-order valence-electron chi connectivity index (χ2n) is 4.90. The number of ether oxygens (including phenoxy) is 1. The molecule has 1 unspecified atom stereocenters. The van der Waals surface area contributed by atoms with Crippen molar-refractivity contribution in [2.45, 2.75) is 19.0 Å². The highest BCUT2D eigenvalue weighted by atomic mass is 16.5. The van der Waals surface area contributed by atoms with Crippen molar-refractivity contribution in [3.8, 4) is 5.75 Å². The van der Waals surface area contributed by atoms with Gasteiger partial charge in [0.05, 0.1) is 18.8 Å². The summed E-state index contributed by atoms with van der Waals surface area (Å²) in [5, 5.41) is 18.8. The van der Waals surface area contributed by atoms with Crippen LogP contribution in [0.15, 0.2) is 30.5 Å². The summed E-state index contributed by atoms with van der Waals surface area (Å²) in [6.07, 6.45) is 1.90. The maximum absolute atomic E-state index is 12.1. The van der Waals surface area contributed by atoms with Crippen LogP contribution in [-0.4, -0.2) is 38.6 Å². The van der Waals surface area contributed by atoms with Crippen LogP contribution in [0.3, 0.4) is 0 Å². The number of carboxylic acid groups (broad SMARTS) is 1. The number of para-hydroxylation sites is 1. The molecule has 1 aromatic heterocycles. The molecule has 8 heteroatoms. The average molecular weight is 302 g/mol. The third-order valence-corrected chi connectivity index (χ3v) is 3.36. The Kier molecular flexibility index (Phi) is 3.73. The lowest BCUT2D eigenvalue weighted by atomic mass is 10.0. The van der Waals surface area contributed by atoms with E-state index in [0.29, 0.717) is 13.0 Å². The molecule has 1 amide bonds. The van der Waals surface area contributed by atoms with E-state index in [0.717, 1.165) is 11.3 Å². The molecule has 22 heavy (non-hydrogen) atoms. The van der Waals surface area contributed by atoms with E-state index in [1.165, 1.54) is 10.9 Å². The molecule has 114 valence electrons. The molecule has 1 aliphatic heterocycles. The van der Waals surface area contributed by atoms with Crippen molar-refractivity contribution in [2.75, 3.05) is 6.61 Å². The standard InChI is InChI=1S/C14H14N4O4/c19-13(8-18-7-11(14(20)21)16-17-18)15-10-5-6-22-12-4-2-1-3-9(10)12/h1-4,7,10H,5-6,8H2,(H,15,19)(H,20,21). The van der Waals surface area contributed by atoms with Crippen LogP contribution in [0.1, 0.15) is 28.5 Å². The zero-order chi connectivity index (χ0) is 15.5. The van der Waals surface area contributed by atoms with Crippen molar-refractivity contribution >= 4 is 11.9 Å². The van der Waals surface area contributed by atoms with Gasteiger partial charge in [-0.1, -0.05) is 23.4 Å². The van der Waals surface area contributed by atoms with Gasteiger partial charge in [0.25, 0.3) is 0 Å². The third-order valence-electron chi connectivity index (χ3n) is 3.36. The first-order chi connectivity index (χ1) is 10.6. The fourth-order valence-electron chi connectivity index (χ4n) is 2.35. The number of hydrogen-bond acceptors (Lipinski definition) is 5. The fourth-order valence-corrected chi connectivity index (χ4v) is 2.35. The summed E-state index contributed by atoms with van der Waals surface area (Å²) in [4.78, 5) is 22.8. The van der Waals surface area contributed by atoms with E-state index in [1.54, 1.807) is 0 Å². The largest absolute Gasteiger partial charge is 0.493 e. The Labute approximate surface area is 125 Å². The van der Waals surface area contributed by atoms with Gasteiger partial charge in [0.2, 0.25) is 5.91 Å². The van der Waals surface area contributed by atoms with E-state index >= 15 is 0 Å². The molecule has 0 aliphatic carbocycles. The van der Waals surface area contributed by atoms with Crippen LogP contribution in [0.5, 0.6) is 5.75 Å². The number of nitrogens with zero attached hydrogens (tertiary/aromatic N) is 3. The quantitative estimate of drug-likeness (QED) is 0.857. The van der Waals surface area contributed by atoms with E-state index < -0.39 is 5.97 Å². The SMILES string of the molecule is O=C(Cn1cc(C(=O)O)nn1)NC1CCOc2ccccc21. The van der Waals surface area contributed by atoms with E-state index in [9.17, 15) is 9.59 Å². The summed E-state index contributed by atoms with van der Waals surface area (Å²) in [7, 11) is 0. The van der Waals surface area contributed by atoms with Crippen LogP contribution in [0, 0.1) is 0 Å². The first-order valence-electron chi connectivity index (χ1n) is 6.78. The number of carbonyl (C=O) groups excluding carboxylic acids is 1.